The molecule has 3 rings (SSSR count). The molecule has 19 heavy (non-hydrogen) atoms. The van der Waals surface area contributed by atoms with E-state index >= 15 is 0 Å². The predicted octanol–water partition coefficient (Wildman–Crippen LogP) is 1.67. The molecule has 1 N–H and O–H groups in total. The predicted molar refractivity (Wildman–Crippen MR) is 72.0 cm³/mol. The highest BCUT2D eigenvalue weighted by Crippen LogP contribution is 2.25. The van der Waals surface area contributed by atoms with Gasteiger partial charge >= 0.3 is 0 Å². The van der Waals surface area contributed by atoms with Crippen LogP contribution in [0.15, 0.2) is 24.3 Å². The molecule has 2 unspecified atom stereocenters. The van der Waals surface area contributed by atoms with Crippen LogP contribution >= 0.6 is 0 Å². The second-order valence-corrected chi connectivity index (χ2v) is 5.52. The van der Waals surface area contributed by atoms with Crippen LogP contribution in [0.4, 0.5) is 0 Å². The van der Waals surface area contributed by atoms with E-state index < -0.39 is 0 Å². The number of amides is 2. The fourth-order valence-corrected chi connectivity index (χ4v) is 2.88. The maximum Gasteiger partial charge on any atom is 0.261 e. The Morgan fingerprint density at radius 3 is 2.32 bits per heavy atom. The second-order valence-electron chi connectivity index (χ2n) is 5.52. The molecule has 100 valence electrons. The molecule has 0 aliphatic carbocycles. The lowest BCUT2D eigenvalue weighted by Gasteiger charge is -2.29. The van der Waals surface area contributed by atoms with Crippen molar-refractivity contribution < 1.29 is 9.59 Å². The number of piperidine rings is 1. The smallest absolute Gasteiger partial charge is 0.261 e. The molecule has 0 aromatic heterocycles. The first kappa shape index (κ1) is 12.4. The third-order valence-electron chi connectivity index (χ3n) is 4.08. The number of carbonyl (C=O) groups excluding carboxylic acids is 2. The van der Waals surface area contributed by atoms with Crippen molar-refractivity contribution in [1.29, 1.82) is 0 Å². The molecular formula is C15H18N2O2. The van der Waals surface area contributed by atoms with E-state index in [2.05, 4.69) is 12.2 Å². The van der Waals surface area contributed by atoms with Gasteiger partial charge in [-0.15, -0.1) is 0 Å². The third kappa shape index (κ3) is 2.16. The van der Waals surface area contributed by atoms with Crippen LogP contribution in [0.2, 0.25) is 0 Å². The van der Waals surface area contributed by atoms with Gasteiger partial charge in [0.1, 0.15) is 0 Å². The van der Waals surface area contributed by atoms with E-state index in [0.29, 0.717) is 29.6 Å². The van der Waals surface area contributed by atoms with Gasteiger partial charge in [0, 0.05) is 12.6 Å². The average molecular weight is 258 g/mol. The molecule has 4 heteroatoms. The molecule has 2 aliphatic rings. The number of carbonyl (C=O) groups is 2. The van der Waals surface area contributed by atoms with E-state index in [1.807, 2.05) is 0 Å². The van der Waals surface area contributed by atoms with Gasteiger partial charge in [-0.3, -0.25) is 14.5 Å². The lowest BCUT2D eigenvalue weighted by Crippen LogP contribution is -2.43. The van der Waals surface area contributed by atoms with E-state index in [9.17, 15) is 9.59 Å². The summed E-state index contributed by atoms with van der Waals surface area (Å²) in [6.45, 7) is 3.58. The summed E-state index contributed by atoms with van der Waals surface area (Å²) in [5.41, 5.74) is 1.09. The van der Waals surface area contributed by atoms with Crippen molar-refractivity contribution in [3.8, 4) is 0 Å². The molecule has 0 bridgehead atoms. The summed E-state index contributed by atoms with van der Waals surface area (Å²) in [5.74, 6) is 0.0943. The fourth-order valence-electron chi connectivity index (χ4n) is 2.88. The number of rotatable bonds is 2. The summed E-state index contributed by atoms with van der Waals surface area (Å²) >= 11 is 0. The maximum atomic E-state index is 12.2. The zero-order chi connectivity index (χ0) is 13.4. The minimum Gasteiger partial charge on any atom is -0.314 e. The first-order valence-electron chi connectivity index (χ1n) is 6.85. The Morgan fingerprint density at radius 2 is 1.79 bits per heavy atom. The lowest BCUT2D eigenvalue weighted by molar-refractivity contribution is 0.0618. The SMILES string of the molecule is CC1CCC(CN2C(=O)c3ccccc3C2=O)CN1. The molecule has 1 saturated heterocycles. The standard InChI is InChI=1S/C15H18N2O2/c1-10-6-7-11(8-16-10)9-17-14(18)12-4-2-3-5-13(12)15(17)19/h2-5,10-11,16H,6-9H2,1H3. The van der Waals surface area contributed by atoms with Gasteiger partial charge in [-0.25, -0.2) is 0 Å². The van der Waals surface area contributed by atoms with Crippen LogP contribution in [0.25, 0.3) is 0 Å². The van der Waals surface area contributed by atoms with Gasteiger partial charge in [0.25, 0.3) is 11.8 Å². The highest BCUT2D eigenvalue weighted by Gasteiger charge is 2.36. The largest absolute Gasteiger partial charge is 0.314 e. The van der Waals surface area contributed by atoms with Crippen molar-refractivity contribution in [1.82, 2.24) is 10.2 Å². The monoisotopic (exact) mass is 258 g/mol. The molecule has 2 aliphatic heterocycles. The van der Waals surface area contributed by atoms with Crippen LogP contribution in [0.1, 0.15) is 40.5 Å². The molecule has 0 saturated carbocycles. The van der Waals surface area contributed by atoms with Crippen LogP contribution in [0, 0.1) is 5.92 Å². The molecule has 2 amide bonds. The Morgan fingerprint density at radius 1 is 1.16 bits per heavy atom. The van der Waals surface area contributed by atoms with Crippen LogP contribution in [-0.4, -0.2) is 35.8 Å². The van der Waals surface area contributed by atoms with Gasteiger partial charge < -0.3 is 5.32 Å². The van der Waals surface area contributed by atoms with Crippen molar-refractivity contribution >= 4 is 11.8 Å². The fraction of sp³-hybridized carbons (Fsp3) is 0.467. The number of nitrogens with zero attached hydrogens (tertiary/aromatic N) is 1. The van der Waals surface area contributed by atoms with Crippen LogP contribution in [0.5, 0.6) is 0 Å². The molecule has 2 heterocycles. The zero-order valence-corrected chi connectivity index (χ0v) is 11.1. The van der Waals surface area contributed by atoms with E-state index in [4.69, 9.17) is 0 Å². The van der Waals surface area contributed by atoms with Crippen LogP contribution in [0.3, 0.4) is 0 Å². The summed E-state index contributed by atoms with van der Waals surface area (Å²) < 4.78 is 0. The number of hydrogen-bond acceptors (Lipinski definition) is 3. The van der Waals surface area contributed by atoms with Crippen LogP contribution in [-0.2, 0) is 0 Å². The normalized spacial score (nSPS) is 26.7. The van der Waals surface area contributed by atoms with Crippen molar-refractivity contribution in [2.75, 3.05) is 13.1 Å². The van der Waals surface area contributed by atoms with E-state index in [1.54, 1.807) is 24.3 Å². The zero-order valence-electron chi connectivity index (χ0n) is 11.1. The van der Waals surface area contributed by atoms with E-state index in [1.165, 1.54) is 4.90 Å². The van der Waals surface area contributed by atoms with Crippen LogP contribution < -0.4 is 5.32 Å². The van der Waals surface area contributed by atoms with E-state index in [-0.39, 0.29) is 11.8 Å². The van der Waals surface area contributed by atoms with Gasteiger partial charge in [0.15, 0.2) is 0 Å². The van der Waals surface area contributed by atoms with Gasteiger partial charge in [-0.1, -0.05) is 12.1 Å². The number of hydrogen-bond donors (Lipinski definition) is 1. The van der Waals surface area contributed by atoms with Gasteiger partial charge in [0.05, 0.1) is 11.1 Å². The van der Waals surface area contributed by atoms with Gasteiger partial charge in [-0.05, 0) is 44.4 Å². The minimum atomic E-state index is -0.140. The number of imide groups is 1. The topological polar surface area (TPSA) is 49.4 Å². The Kier molecular flexibility index (Phi) is 3.11. The molecule has 2 atom stereocenters. The Bertz CT molecular complexity index is 484. The first-order chi connectivity index (χ1) is 9.16. The first-order valence-corrected chi connectivity index (χ1v) is 6.85. The average Bonchev–Trinajstić information content (AvgIpc) is 2.67. The van der Waals surface area contributed by atoms with Crippen molar-refractivity contribution in [2.24, 2.45) is 5.92 Å². The van der Waals surface area contributed by atoms with Crippen molar-refractivity contribution in [3.63, 3.8) is 0 Å². The summed E-state index contributed by atoms with van der Waals surface area (Å²) in [6.07, 6.45) is 2.18. The Balaban J connectivity index is 1.74. The summed E-state index contributed by atoms with van der Waals surface area (Å²) in [7, 11) is 0. The molecule has 0 spiro atoms. The quantitative estimate of drug-likeness (QED) is 0.821. The number of fused-ring (bicyclic) bond motifs is 1. The Hall–Kier alpha value is -1.68. The van der Waals surface area contributed by atoms with Gasteiger partial charge in [-0.2, -0.15) is 0 Å². The van der Waals surface area contributed by atoms with Crippen molar-refractivity contribution in [3.05, 3.63) is 35.4 Å². The molecule has 1 fully saturated rings. The Labute approximate surface area is 112 Å². The summed E-state index contributed by atoms with van der Waals surface area (Å²) in [4.78, 5) is 25.9. The summed E-state index contributed by atoms with van der Waals surface area (Å²) in [6, 6.07) is 7.61. The minimum absolute atomic E-state index is 0.140. The highest BCUT2D eigenvalue weighted by molar-refractivity contribution is 6.21. The lowest BCUT2D eigenvalue weighted by atomic mass is 9.95. The van der Waals surface area contributed by atoms with Crippen molar-refractivity contribution in [2.45, 2.75) is 25.8 Å². The summed E-state index contributed by atoms with van der Waals surface area (Å²) in [5, 5.41) is 3.41. The highest BCUT2D eigenvalue weighted by atomic mass is 16.2. The van der Waals surface area contributed by atoms with E-state index in [0.717, 1.165) is 19.4 Å². The molecule has 1 aromatic rings. The second kappa shape index (κ2) is 4.78. The molecular weight excluding hydrogens is 240 g/mol. The maximum absolute atomic E-state index is 12.2. The molecule has 0 radical (unpaired) electrons. The number of nitrogens with one attached hydrogen (secondary N) is 1. The molecule has 1 aromatic carbocycles. The number of benzene rings is 1. The third-order valence-corrected chi connectivity index (χ3v) is 4.08. The van der Waals surface area contributed by atoms with Gasteiger partial charge in [0.2, 0.25) is 0 Å². The molecule has 4 nitrogen and oxygen atoms in total.